The molecule has 1 atom stereocenters. The summed E-state index contributed by atoms with van der Waals surface area (Å²) in [5, 5.41) is 0.780. The SMILES string of the molecule is Cc1cnc2c(S(=O)(=O)N3CCC(C(=O)O[C@H](C)C(=O)N4CCCCCC4)CC3)cccc2c1. The van der Waals surface area contributed by atoms with E-state index in [0.717, 1.165) is 36.6 Å². The van der Waals surface area contributed by atoms with E-state index >= 15 is 0 Å². The smallest absolute Gasteiger partial charge is 0.309 e. The van der Waals surface area contributed by atoms with E-state index in [1.165, 1.54) is 4.31 Å². The van der Waals surface area contributed by atoms with Gasteiger partial charge in [-0.2, -0.15) is 4.31 Å². The quantitative estimate of drug-likeness (QED) is 0.601. The maximum atomic E-state index is 13.4. The zero-order valence-electron chi connectivity index (χ0n) is 19.9. The molecule has 0 spiro atoms. The number of aryl methyl sites for hydroxylation is 1. The van der Waals surface area contributed by atoms with Gasteiger partial charge in [0.25, 0.3) is 5.91 Å². The largest absolute Gasteiger partial charge is 0.452 e. The number of likely N-dealkylation sites (tertiary alicyclic amines) is 1. The monoisotopic (exact) mass is 487 g/mol. The molecular weight excluding hydrogens is 454 g/mol. The summed E-state index contributed by atoms with van der Waals surface area (Å²) in [7, 11) is -3.75. The van der Waals surface area contributed by atoms with Crippen LogP contribution >= 0.6 is 0 Å². The first-order valence-corrected chi connectivity index (χ1v) is 13.6. The van der Waals surface area contributed by atoms with Gasteiger partial charge >= 0.3 is 5.97 Å². The van der Waals surface area contributed by atoms with Gasteiger partial charge < -0.3 is 9.64 Å². The maximum Gasteiger partial charge on any atom is 0.309 e. The lowest BCUT2D eigenvalue weighted by Gasteiger charge is -2.31. The molecule has 4 rings (SSSR count). The summed E-state index contributed by atoms with van der Waals surface area (Å²) in [6.07, 6.45) is 5.76. The lowest BCUT2D eigenvalue weighted by molar-refractivity contribution is -0.163. The number of pyridine rings is 1. The van der Waals surface area contributed by atoms with E-state index in [1.807, 2.05) is 19.1 Å². The summed E-state index contributed by atoms with van der Waals surface area (Å²) in [5.41, 5.74) is 1.42. The summed E-state index contributed by atoms with van der Waals surface area (Å²) in [6.45, 7) is 5.40. The molecule has 0 N–H and O–H groups in total. The second-order valence-corrected chi connectivity index (χ2v) is 11.2. The van der Waals surface area contributed by atoms with E-state index in [0.29, 0.717) is 31.4 Å². The number of rotatable bonds is 5. The number of nitrogens with zero attached hydrogens (tertiary/aromatic N) is 3. The zero-order valence-corrected chi connectivity index (χ0v) is 20.7. The first kappa shape index (κ1) is 24.6. The molecule has 1 aromatic carbocycles. The van der Waals surface area contributed by atoms with Gasteiger partial charge in [0.15, 0.2) is 6.10 Å². The number of piperidine rings is 1. The van der Waals surface area contributed by atoms with Gasteiger partial charge in [0.2, 0.25) is 10.0 Å². The fraction of sp³-hybridized carbons (Fsp3) is 0.560. The number of esters is 1. The molecule has 0 bridgehead atoms. The van der Waals surface area contributed by atoms with Crippen molar-refractivity contribution in [3.05, 3.63) is 36.0 Å². The number of carbonyl (C=O) groups excluding carboxylic acids is 2. The number of amides is 1. The van der Waals surface area contributed by atoms with Crippen LogP contribution < -0.4 is 0 Å². The summed E-state index contributed by atoms with van der Waals surface area (Å²) in [6, 6.07) is 7.07. The van der Waals surface area contributed by atoms with Crippen LogP contribution in [0.2, 0.25) is 0 Å². The normalized spacial score (nSPS) is 19.5. The van der Waals surface area contributed by atoms with Crippen molar-refractivity contribution >= 4 is 32.8 Å². The Morgan fingerprint density at radius 3 is 2.41 bits per heavy atom. The number of hydrogen-bond acceptors (Lipinski definition) is 6. The fourth-order valence-electron chi connectivity index (χ4n) is 4.79. The Morgan fingerprint density at radius 1 is 1.06 bits per heavy atom. The molecule has 1 aromatic heterocycles. The van der Waals surface area contributed by atoms with Gasteiger partial charge in [-0.1, -0.05) is 25.0 Å². The van der Waals surface area contributed by atoms with E-state index in [1.54, 1.807) is 30.2 Å². The Balaban J connectivity index is 1.37. The van der Waals surface area contributed by atoms with Gasteiger partial charge in [-0.25, -0.2) is 8.42 Å². The molecule has 184 valence electrons. The highest BCUT2D eigenvalue weighted by molar-refractivity contribution is 7.89. The van der Waals surface area contributed by atoms with Crippen LogP contribution in [0.3, 0.4) is 0 Å². The number of hydrogen-bond donors (Lipinski definition) is 0. The highest BCUT2D eigenvalue weighted by Gasteiger charge is 2.35. The van der Waals surface area contributed by atoms with E-state index < -0.39 is 28.0 Å². The van der Waals surface area contributed by atoms with Crippen molar-refractivity contribution in [3.8, 4) is 0 Å². The lowest BCUT2D eigenvalue weighted by Crippen LogP contribution is -2.43. The molecule has 0 saturated carbocycles. The van der Waals surface area contributed by atoms with Crippen molar-refractivity contribution in [1.82, 2.24) is 14.2 Å². The Labute approximate surface area is 201 Å². The Morgan fingerprint density at radius 2 is 1.74 bits per heavy atom. The van der Waals surface area contributed by atoms with Crippen molar-refractivity contribution in [2.45, 2.75) is 63.4 Å². The number of benzene rings is 1. The topological polar surface area (TPSA) is 96.9 Å². The summed E-state index contributed by atoms with van der Waals surface area (Å²) in [4.78, 5) is 31.8. The van der Waals surface area contributed by atoms with E-state index in [4.69, 9.17) is 4.74 Å². The summed E-state index contributed by atoms with van der Waals surface area (Å²) >= 11 is 0. The van der Waals surface area contributed by atoms with Crippen molar-refractivity contribution in [2.24, 2.45) is 5.92 Å². The molecule has 2 aromatic rings. The third kappa shape index (κ3) is 5.25. The van der Waals surface area contributed by atoms with Crippen molar-refractivity contribution in [2.75, 3.05) is 26.2 Å². The third-order valence-electron chi connectivity index (χ3n) is 6.77. The molecule has 34 heavy (non-hydrogen) atoms. The Bertz CT molecular complexity index is 1150. The van der Waals surface area contributed by atoms with E-state index in [-0.39, 0.29) is 23.9 Å². The lowest BCUT2D eigenvalue weighted by atomic mass is 9.98. The molecule has 2 fully saturated rings. The molecule has 8 nitrogen and oxygen atoms in total. The average molecular weight is 488 g/mol. The number of carbonyl (C=O) groups is 2. The molecule has 0 radical (unpaired) electrons. The highest BCUT2D eigenvalue weighted by Crippen LogP contribution is 2.29. The predicted octanol–water partition coefficient (Wildman–Crippen LogP) is 3.28. The molecular formula is C25H33N3O5S. The van der Waals surface area contributed by atoms with Gasteiger partial charge in [0, 0.05) is 37.8 Å². The van der Waals surface area contributed by atoms with Crippen LogP contribution in [-0.4, -0.2) is 66.8 Å². The van der Waals surface area contributed by atoms with Crippen molar-refractivity contribution in [3.63, 3.8) is 0 Å². The highest BCUT2D eigenvalue weighted by atomic mass is 32.2. The number of ether oxygens (including phenoxy) is 1. The maximum absolute atomic E-state index is 13.4. The van der Waals surface area contributed by atoms with Crippen LogP contribution in [0.4, 0.5) is 0 Å². The zero-order chi connectivity index (χ0) is 24.3. The van der Waals surface area contributed by atoms with Crippen LogP contribution in [0.5, 0.6) is 0 Å². The molecule has 1 amide bonds. The van der Waals surface area contributed by atoms with Gasteiger partial charge in [0.05, 0.1) is 11.4 Å². The molecule has 0 unspecified atom stereocenters. The standard InChI is InChI=1S/C25H33N3O5S/c1-18-16-21-8-7-9-22(23(21)26-17-18)34(31,32)28-14-10-20(11-15-28)25(30)33-19(2)24(29)27-12-5-3-4-6-13-27/h7-9,16-17,19-20H,3-6,10-15H2,1-2H3/t19-/m1/s1. The molecule has 0 aliphatic carbocycles. The second-order valence-electron chi connectivity index (χ2n) is 9.34. The summed E-state index contributed by atoms with van der Waals surface area (Å²) in [5.74, 6) is -0.983. The van der Waals surface area contributed by atoms with Crippen molar-refractivity contribution in [1.29, 1.82) is 0 Å². The van der Waals surface area contributed by atoms with Crippen LogP contribution in [0.1, 0.15) is 51.0 Å². The van der Waals surface area contributed by atoms with E-state index in [9.17, 15) is 18.0 Å². The Hall–Kier alpha value is -2.52. The van der Waals surface area contributed by atoms with Crippen LogP contribution in [0, 0.1) is 12.8 Å². The van der Waals surface area contributed by atoms with Crippen LogP contribution in [-0.2, 0) is 24.3 Å². The van der Waals surface area contributed by atoms with Gasteiger partial charge in [-0.05, 0) is 57.2 Å². The molecule has 9 heteroatoms. The second kappa shape index (κ2) is 10.4. The van der Waals surface area contributed by atoms with Crippen LogP contribution in [0.25, 0.3) is 10.9 Å². The average Bonchev–Trinajstić information content (AvgIpc) is 3.12. The van der Waals surface area contributed by atoms with Gasteiger partial charge in [-0.15, -0.1) is 0 Å². The first-order chi connectivity index (χ1) is 16.3. The first-order valence-electron chi connectivity index (χ1n) is 12.1. The molecule has 2 saturated heterocycles. The molecule has 3 heterocycles. The molecule has 2 aliphatic heterocycles. The third-order valence-corrected chi connectivity index (χ3v) is 8.70. The number of sulfonamides is 1. The minimum atomic E-state index is -3.75. The number of fused-ring (bicyclic) bond motifs is 1. The minimum absolute atomic E-state index is 0.144. The van der Waals surface area contributed by atoms with Gasteiger partial charge in [-0.3, -0.25) is 14.6 Å². The number of aromatic nitrogens is 1. The molecule has 2 aliphatic rings. The van der Waals surface area contributed by atoms with Gasteiger partial charge in [0.1, 0.15) is 4.90 Å². The predicted molar refractivity (Wildman–Crippen MR) is 129 cm³/mol. The minimum Gasteiger partial charge on any atom is -0.452 e. The Kier molecular flexibility index (Phi) is 7.52. The summed E-state index contributed by atoms with van der Waals surface area (Å²) < 4.78 is 33.6. The van der Waals surface area contributed by atoms with Crippen LogP contribution in [0.15, 0.2) is 35.4 Å². The fourth-order valence-corrected chi connectivity index (χ4v) is 6.43. The van der Waals surface area contributed by atoms with Crippen molar-refractivity contribution < 1.29 is 22.7 Å². The van der Waals surface area contributed by atoms with E-state index in [2.05, 4.69) is 4.98 Å². The number of para-hydroxylation sites is 1.